The number of nitrogens with zero attached hydrogens (tertiary/aromatic N) is 4. The van der Waals surface area contributed by atoms with Gasteiger partial charge in [0.2, 0.25) is 11.8 Å². The maximum atomic E-state index is 12.7. The smallest absolute Gasteiger partial charge is 0.318 e. The Bertz CT molecular complexity index is 682. The van der Waals surface area contributed by atoms with Crippen molar-refractivity contribution in [1.82, 2.24) is 20.0 Å². The van der Waals surface area contributed by atoms with E-state index in [0.29, 0.717) is 25.9 Å². The Kier molecular flexibility index (Phi) is 5.04. The van der Waals surface area contributed by atoms with Gasteiger partial charge in [0, 0.05) is 25.2 Å². The first-order valence-electron chi connectivity index (χ1n) is 9.47. The van der Waals surface area contributed by atoms with Crippen LogP contribution < -0.4 is 11.1 Å². The summed E-state index contributed by atoms with van der Waals surface area (Å²) in [5, 5.41) is 12.0. The summed E-state index contributed by atoms with van der Waals surface area (Å²) in [6.07, 6.45) is 2.03. The van der Waals surface area contributed by atoms with Crippen LogP contribution in [-0.4, -0.2) is 81.9 Å². The van der Waals surface area contributed by atoms with Crippen molar-refractivity contribution < 1.29 is 14.4 Å². The number of carbonyl (C=O) groups is 3. The van der Waals surface area contributed by atoms with Crippen LogP contribution in [0.15, 0.2) is 0 Å². The minimum atomic E-state index is -0.848. The Labute approximate surface area is 159 Å². The van der Waals surface area contributed by atoms with Crippen molar-refractivity contribution in [2.24, 2.45) is 5.73 Å². The highest BCUT2D eigenvalue weighted by atomic mass is 16.2. The van der Waals surface area contributed by atoms with Crippen LogP contribution >= 0.6 is 0 Å². The molecular weight excluding hydrogens is 348 g/mol. The van der Waals surface area contributed by atoms with Gasteiger partial charge >= 0.3 is 6.03 Å². The van der Waals surface area contributed by atoms with Gasteiger partial charge in [0.05, 0.1) is 12.1 Å². The van der Waals surface area contributed by atoms with Crippen molar-refractivity contribution in [3.8, 4) is 6.07 Å². The quantitative estimate of drug-likeness (QED) is 0.695. The van der Waals surface area contributed by atoms with Crippen LogP contribution in [0.25, 0.3) is 0 Å². The summed E-state index contributed by atoms with van der Waals surface area (Å²) in [7, 11) is 0. The normalized spacial score (nSPS) is 28.5. The van der Waals surface area contributed by atoms with E-state index in [4.69, 9.17) is 11.0 Å². The van der Waals surface area contributed by atoms with E-state index >= 15 is 0 Å². The van der Waals surface area contributed by atoms with Crippen molar-refractivity contribution in [3.05, 3.63) is 0 Å². The molecule has 4 amide bonds. The number of likely N-dealkylation sites (tertiary alicyclic amines) is 3. The van der Waals surface area contributed by atoms with Gasteiger partial charge in [-0.05, 0) is 40.0 Å². The average Bonchev–Trinajstić information content (AvgIpc) is 3.28. The van der Waals surface area contributed by atoms with Crippen LogP contribution in [-0.2, 0) is 9.59 Å². The van der Waals surface area contributed by atoms with Crippen LogP contribution in [0.4, 0.5) is 4.79 Å². The molecule has 0 radical (unpaired) electrons. The predicted octanol–water partition coefficient (Wildman–Crippen LogP) is -0.379. The molecule has 3 aliphatic rings. The lowest BCUT2D eigenvalue weighted by Gasteiger charge is -2.36. The van der Waals surface area contributed by atoms with Crippen LogP contribution in [0.3, 0.4) is 0 Å². The fourth-order valence-electron chi connectivity index (χ4n) is 4.17. The summed E-state index contributed by atoms with van der Waals surface area (Å²) in [6.45, 7) is 6.79. The number of nitrogens with two attached hydrogens (primary N) is 1. The van der Waals surface area contributed by atoms with E-state index in [1.165, 1.54) is 4.90 Å². The lowest BCUT2D eigenvalue weighted by Crippen LogP contribution is -2.60. The summed E-state index contributed by atoms with van der Waals surface area (Å²) in [6, 6.07) is 0.0209. The molecule has 3 N–H and O–H groups in total. The van der Waals surface area contributed by atoms with E-state index in [1.807, 2.05) is 20.8 Å². The number of fused-ring (bicyclic) bond motifs is 2. The Balaban J connectivity index is 1.59. The van der Waals surface area contributed by atoms with Crippen molar-refractivity contribution in [3.63, 3.8) is 0 Å². The van der Waals surface area contributed by atoms with E-state index < -0.39 is 18.1 Å². The van der Waals surface area contributed by atoms with Gasteiger partial charge < -0.3 is 25.8 Å². The van der Waals surface area contributed by atoms with Crippen LogP contribution in [0.5, 0.6) is 0 Å². The SMILES string of the molecule is CC(C)(C)NC(=O)N1C[C@@H]2CC1C(=O)N2C[C@H](N)C(=O)N1CCC[C@H]1C#N. The minimum absolute atomic E-state index is 0.114. The van der Waals surface area contributed by atoms with Crippen molar-refractivity contribution in [1.29, 1.82) is 5.26 Å². The number of carbonyl (C=O) groups excluding carboxylic acids is 3. The Morgan fingerprint density at radius 3 is 2.67 bits per heavy atom. The summed E-state index contributed by atoms with van der Waals surface area (Å²) < 4.78 is 0. The lowest BCUT2D eigenvalue weighted by molar-refractivity contribution is -0.138. The molecule has 0 spiro atoms. The molecule has 4 atom stereocenters. The van der Waals surface area contributed by atoms with Crippen molar-refractivity contribution in [2.75, 3.05) is 19.6 Å². The molecular formula is C18H28N6O3. The average molecular weight is 376 g/mol. The molecule has 0 aromatic carbocycles. The molecule has 3 heterocycles. The summed E-state index contributed by atoms with van der Waals surface area (Å²) >= 11 is 0. The van der Waals surface area contributed by atoms with Crippen LogP contribution in [0.1, 0.15) is 40.0 Å². The monoisotopic (exact) mass is 376 g/mol. The molecule has 148 valence electrons. The van der Waals surface area contributed by atoms with Crippen LogP contribution in [0.2, 0.25) is 0 Å². The zero-order valence-corrected chi connectivity index (χ0v) is 16.1. The number of hydrogen-bond donors (Lipinski definition) is 2. The van der Waals surface area contributed by atoms with Gasteiger partial charge in [-0.15, -0.1) is 0 Å². The van der Waals surface area contributed by atoms with E-state index in [1.54, 1.807) is 9.80 Å². The van der Waals surface area contributed by atoms with Crippen LogP contribution in [0, 0.1) is 11.3 Å². The molecule has 0 aromatic rings. The van der Waals surface area contributed by atoms with Gasteiger partial charge in [0.1, 0.15) is 18.1 Å². The lowest BCUT2D eigenvalue weighted by atomic mass is 10.1. The molecule has 0 aliphatic carbocycles. The number of nitrogens with one attached hydrogen (secondary N) is 1. The highest BCUT2D eigenvalue weighted by molar-refractivity contribution is 5.92. The zero-order chi connectivity index (χ0) is 19.9. The molecule has 3 saturated heterocycles. The second kappa shape index (κ2) is 7.00. The maximum Gasteiger partial charge on any atom is 0.318 e. The van der Waals surface area contributed by atoms with Gasteiger partial charge in [0.15, 0.2) is 0 Å². The first-order valence-corrected chi connectivity index (χ1v) is 9.47. The van der Waals surface area contributed by atoms with E-state index in [9.17, 15) is 14.4 Å². The summed E-state index contributed by atoms with van der Waals surface area (Å²) in [5.74, 6) is -0.436. The number of hydrogen-bond acceptors (Lipinski definition) is 5. The number of piperazine rings is 1. The molecule has 3 aliphatic heterocycles. The number of nitriles is 1. The molecule has 3 rings (SSSR count). The molecule has 3 fully saturated rings. The van der Waals surface area contributed by atoms with Gasteiger partial charge in [-0.25, -0.2) is 4.79 Å². The highest BCUT2D eigenvalue weighted by Gasteiger charge is 2.52. The Morgan fingerprint density at radius 1 is 1.37 bits per heavy atom. The number of urea groups is 1. The van der Waals surface area contributed by atoms with Gasteiger partial charge in [-0.3, -0.25) is 9.59 Å². The molecule has 0 saturated carbocycles. The fraction of sp³-hybridized carbons (Fsp3) is 0.778. The second-order valence-corrected chi connectivity index (χ2v) is 8.65. The molecule has 27 heavy (non-hydrogen) atoms. The fourth-order valence-corrected chi connectivity index (χ4v) is 4.17. The highest BCUT2D eigenvalue weighted by Crippen LogP contribution is 2.32. The molecule has 9 heteroatoms. The third-order valence-corrected chi connectivity index (χ3v) is 5.43. The summed E-state index contributed by atoms with van der Waals surface area (Å²) in [5.41, 5.74) is 5.71. The van der Waals surface area contributed by atoms with Gasteiger partial charge in [-0.2, -0.15) is 5.26 Å². The molecule has 2 bridgehead atoms. The third-order valence-electron chi connectivity index (χ3n) is 5.43. The predicted molar refractivity (Wildman–Crippen MR) is 97.2 cm³/mol. The maximum absolute atomic E-state index is 12.7. The van der Waals surface area contributed by atoms with E-state index in [-0.39, 0.29) is 36.0 Å². The number of amides is 4. The molecule has 0 aromatic heterocycles. The minimum Gasteiger partial charge on any atom is -0.334 e. The Morgan fingerprint density at radius 2 is 2.07 bits per heavy atom. The van der Waals surface area contributed by atoms with Gasteiger partial charge in [-0.1, -0.05) is 0 Å². The first kappa shape index (κ1) is 19.4. The standard InChI is InChI=1S/C18H28N6O3/c1-18(2,3)21-17(27)24-9-12-7-14(24)16(26)23(12)10-13(20)15(25)22-6-4-5-11(22)8-19/h11-14H,4-7,9-10,20H2,1-3H3,(H,21,27)/t11-,12-,13-,14?/m0/s1. The third kappa shape index (κ3) is 3.72. The van der Waals surface area contributed by atoms with Crippen molar-refractivity contribution in [2.45, 2.75) is 69.7 Å². The largest absolute Gasteiger partial charge is 0.334 e. The number of rotatable bonds is 3. The summed E-state index contributed by atoms with van der Waals surface area (Å²) in [4.78, 5) is 42.4. The van der Waals surface area contributed by atoms with E-state index in [0.717, 1.165) is 6.42 Å². The first-order chi connectivity index (χ1) is 12.6. The second-order valence-electron chi connectivity index (χ2n) is 8.65. The molecule has 9 nitrogen and oxygen atoms in total. The van der Waals surface area contributed by atoms with E-state index in [2.05, 4.69) is 11.4 Å². The van der Waals surface area contributed by atoms with Gasteiger partial charge in [0.25, 0.3) is 0 Å². The van der Waals surface area contributed by atoms with Crippen molar-refractivity contribution >= 4 is 17.8 Å². The molecule has 1 unspecified atom stereocenters. The topological polar surface area (TPSA) is 123 Å². The zero-order valence-electron chi connectivity index (χ0n) is 16.1. The Hall–Kier alpha value is -2.34.